The van der Waals surface area contributed by atoms with Crippen LogP contribution in [0.1, 0.15) is 44.9 Å². The van der Waals surface area contributed by atoms with E-state index < -0.39 is 0 Å². The van der Waals surface area contributed by atoms with Gasteiger partial charge >= 0.3 is 0 Å². The summed E-state index contributed by atoms with van der Waals surface area (Å²) in [5.74, 6) is 0.158. The third kappa shape index (κ3) is 3.50. The number of nitrogens with one attached hydrogen (secondary N) is 1. The molecule has 2 aliphatic rings. The molecular formula is C18H25N3. The summed E-state index contributed by atoms with van der Waals surface area (Å²) in [6, 6.07) is 11.6. The molecule has 3 rings (SSSR count). The Kier molecular flexibility index (Phi) is 4.65. The summed E-state index contributed by atoms with van der Waals surface area (Å²) in [5, 5.41) is 13.0. The normalized spacial score (nSPS) is 26.1. The molecule has 0 amide bonds. The zero-order valence-corrected chi connectivity index (χ0v) is 12.7. The molecule has 0 radical (unpaired) electrons. The maximum Gasteiger partial charge on any atom is 0.0677 e. The first-order chi connectivity index (χ1) is 10.4. The molecule has 1 N–H and O–H groups in total. The van der Waals surface area contributed by atoms with Crippen molar-refractivity contribution in [1.82, 2.24) is 0 Å². The number of hydrogen-bond acceptors (Lipinski definition) is 3. The van der Waals surface area contributed by atoms with E-state index in [0.717, 1.165) is 18.5 Å². The first-order valence-corrected chi connectivity index (χ1v) is 8.38. The summed E-state index contributed by atoms with van der Waals surface area (Å²) < 4.78 is 0. The topological polar surface area (TPSA) is 39.1 Å². The second kappa shape index (κ2) is 6.85. The first kappa shape index (κ1) is 14.3. The smallest absolute Gasteiger partial charge is 0.0677 e. The van der Waals surface area contributed by atoms with Crippen LogP contribution in [-0.4, -0.2) is 19.1 Å². The predicted molar refractivity (Wildman–Crippen MR) is 87.5 cm³/mol. The zero-order chi connectivity index (χ0) is 14.5. The van der Waals surface area contributed by atoms with Gasteiger partial charge in [0.2, 0.25) is 0 Å². The molecule has 0 bridgehead atoms. The fourth-order valence-electron chi connectivity index (χ4n) is 3.59. The molecule has 3 heteroatoms. The summed E-state index contributed by atoms with van der Waals surface area (Å²) in [4.78, 5) is 2.45. The van der Waals surface area contributed by atoms with Gasteiger partial charge in [-0.25, -0.2) is 0 Å². The van der Waals surface area contributed by atoms with E-state index in [2.05, 4.69) is 40.6 Å². The number of rotatable bonds is 3. The molecule has 1 aromatic carbocycles. The minimum Gasteiger partial charge on any atom is -0.381 e. The van der Waals surface area contributed by atoms with Crippen molar-refractivity contribution in [2.75, 3.05) is 23.3 Å². The molecule has 1 aliphatic heterocycles. The fraction of sp³-hybridized carbons (Fsp3) is 0.611. The van der Waals surface area contributed by atoms with Crippen LogP contribution in [0.5, 0.6) is 0 Å². The number of benzene rings is 1. The number of anilines is 2. The second-order valence-electron chi connectivity index (χ2n) is 6.37. The van der Waals surface area contributed by atoms with E-state index in [-0.39, 0.29) is 5.92 Å². The molecule has 2 fully saturated rings. The lowest BCUT2D eigenvalue weighted by Gasteiger charge is -2.23. The second-order valence-corrected chi connectivity index (χ2v) is 6.37. The van der Waals surface area contributed by atoms with E-state index in [1.807, 2.05) is 0 Å². The highest BCUT2D eigenvalue weighted by atomic mass is 15.1. The lowest BCUT2D eigenvalue weighted by Crippen LogP contribution is -2.27. The number of hydrogen-bond donors (Lipinski definition) is 1. The van der Waals surface area contributed by atoms with Gasteiger partial charge in [-0.1, -0.05) is 19.3 Å². The summed E-state index contributed by atoms with van der Waals surface area (Å²) in [6.07, 6.45) is 8.49. The van der Waals surface area contributed by atoms with Gasteiger partial charge in [-0.15, -0.1) is 0 Å². The van der Waals surface area contributed by atoms with E-state index in [1.54, 1.807) is 0 Å². The van der Waals surface area contributed by atoms with E-state index in [0.29, 0.717) is 6.04 Å². The van der Waals surface area contributed by atoms with Gasteiger partial charge in [0.05, 0.1) is 12.0 Å². The zero-order valence-electron chi connectivity index (χ0n) is 12.7. The van der Waals surface area contributed by atoms with Crippen LogP contribution in [0.2, 0.25) is 0 Å². The summed E-state index contributed by atoms with van der Waals surface area (Å²) in [7, 11) is 0. The van der Waals surface area contributed by atoms with Crippen molar-refractivity contribution in [3.8, 4) is 6.07 Å². The molecule has 2 atom stereocenters. The van der Waals surface area contributed by atoms with E-state index in [1.165, 1.54) is 50.9 Å². The highest BCUT2D eigenvalue weighted by Crippen LogP contribution is 2.27. The van der Waals surface area contributed by atoms with Crippen LogP contribution in [0.4, 0.5) is 11.4 Å². The van der Waals surface area contributed by atoms with E-state index >= 15 is 0 Å². The number of nitrogens with zero attached hydrogens (tertiary/aromatic N) is 2. The maximum atomic E-state index is 9.36. The van der Waals surface area contributed by atoms with Crippen LogP contribution in [0, 0.1) is 17.2 Å². The van der Waals surface area contributed by atoms with Crippen LogP contribution >= 0.6 is 0 Å². The van der Waals surface area contributed by atoms with Crippen molar-refractivity contribution in [2.24, 2.45) is 5.92 Å². The van der Waals surface area contributed by atoms with Gasteiger partial charge in [0.1, 0.15) is 0 Å². The highest BCUT2D eigenvalue weighted by Gasteiger charge is 2.23. The average molecular weight is 283 g/mol. The van der Waals surface area contributed by atoms with Crippen LogP contribution in [0.3, 0.4) is 0 Å². The maximum absolute atomic E-state index is 9.36. The molecule has 1 heterocycles. The molecular weight excluding hydrogens is 258 g/mol. The third-order valence-electron chi connectivity index (χ3n) is 4.87. The molecule has 0 aromatic heterocycles. The van der Waals surface area contributed by atoms with Crippen molar-refractivity contribution in [2.45, 2.75) is 51.0 Å². The van der Waals surface area contributed by atoms with E-state index in [9.17, 15) is 5.26 Å². The standard InChI is InChI=1S/C18H25N3/c19-14-15-6-2-1-3-7-18(15)20-16-8-10-17(11-9-16)21-12-4-5-13-21/h8-11,15,18,20H,1-7,12-13H2. The highest BCUT2D eigenvalue weighted by molar-refractivity contribution is 5.56. The van der Waals surface area contributed by atoms with Crippen molar-refractivity contribution in [3.63, 3.8) is 0 Å². The lowest BCUT2D eigenvalue weighted by atomic mass is 9.96. The van der Waals surface area contributed by atoms with Gasteiger partial charge < -0.3 is 10.2 Å². The Morgan fingerprint density at radius 3 is 2.38 bits per heavy atom. The van der Waals surface area contributed by atoms with Crippen molar-refractivity contribution < 1.29 is 0 Å². The number of nitriles is 1. The van der Waals surface area contributed by atoms with Gasteiger partial charge in [0.25, 0.3) is 0 Å². The van der Waals surface area contributed by atoms with Crippen molar-refractivity contribution in [1.29, 1.82) is 5.26 Å². The molecule has 1 saturated heterocycles. The van der Waals surface area contributed by atoms with Crippen LogP contribution < -0.4 is 10.2 Å². The van der Waals surface area contributed by atoms with Gasteiger partial charge in [-0.05, 0) is 49.9 Å². The SMILES string of the molecule is N#CC1CCCCCC1Nc1ccc(N2CCCC2)cc1. The Morgan fingerprint density at radius 1 is 0.952 bits per heavy atom. The Balaban J connectivity index is 1.65. The minimum absolute atomic E-state index is 0.158. The predicted octanol–water partition coefficient (Wildman–Crippen LogP) is 4.17. The van der Waals surface area contributed by atoms with Gasteiger partial charge in [-0.3, -0.25) is 0 Å². The van der Waals surface area contributed by atoms with E-state index in [4.69, 9.17) is 0 Å². The molecule has 21 heavy (non-hydrogen) atoms. The Hall–Kier alpha value is -1.69. The average Bonchev–Trinajstić information content (AvgIpc) is 2.96. The Morgan fingerprint density at radius 2 is 1.67 bits per heavy atom. The van der Waals surface area contributed by atoms with Crippen LogP contribution in [0.25, 0.3) is 0 Å². The summed E-state index contributed by atoms with van der Waals surface area (Å²) >= 11 is 0. The Labute approximate surface area is 128 Å². The van der Waals surface area contributed by atoms with Gasteiger partial charge in [0.15, 0.2) is 0 Å². The van der Waals surface area contributed by atoms with Crippen molar-refractivity contribution in [3.05, 3.63) is 24.3 Å². The van der Waals surface area contributed by atoms with Crippen LogP contribution in [0.15, 0.2) is 24.3 Å². The summed E-state index contributed by atoms with van der Waals surface area (Å²) in [6.45, 7) is 2.37. The molecule has 1 aromatic rings. The third-order valence-corrected chi connectivity index (χ3v) is 4.87. The minimum atomic E-state index is 0.158. The molecule has 1 saturated carbocycles. The quantitative estimate of drug-likeness (QED) is 0.846. The molecule has 3 nitrogen and oxygen atoms in total. The van der Waals surface area contributed by atoms with Gasteiger partial charge in [-0.2, -0.15) is 5.26 Å². The van der Waals surface area contributed by atoms with Crippen molar-refractivity contribution >= 4 is 11.4 Å². The lowest BCUT2D eigenvalue weighted by molar-refractivity contribution is 0.514. The van der Waals surface area contributed by atoms with Gasteiger partial charge in [0, 0.05) is 30.5 Å². The first-order valence-electron chi connectivity index (χ1n) is 8.38. The largest absolute Gasteiger partial charge is 0.381 e. The molecule has 1 aliphatic carbocycles. The Bertz CT molecular complexity index is 482. The fourth-order valence-corrected chi connectivity index (χ4v) is 3.59. The molecule has 112 valence electrons. The molecule has 0 spiro atoms. The summed E-state index contributed by atoms with van der Waals surface area (Å²) in [5.41, 5.74) is 2.49. The monoisotopic (exact) mass is 283 g/mol. The van der Waals surface area contributed by atoms with Crippen LogP contribution in [-0.2, 0) is 0 Å². The molecule has 2 unspecified atom stereocenters.